The number of carbonyl (C=O) groups is 3. The molecule has 0 saturated carbocycles. The van der Waals surface area contributed by atoms with Crippen molar-refractivity contribution in [3.05, 3.63) is 28.5 Å². The first-order valence-electron chi connectivity index (χ1n) is 6.28. The van der Waals surface area contributed by atoms with Crippen LogP contribution in [0.25, 0.3) is 0 Å². The summed E-state index contributed by atoms with van der Waals surface area (Å²) in [6, 6.07) is 3.09. The molecular formula is C13H14ClN3O3. The summed E-state index contributed by atoms with van der Waals surface area (Å²) in [7, 11) is 0. The maximum absolute atomic E-state index is 12.3. The molecule has 0 radical (unpaired) electrons. The zero-order valence-corrected chi connectivity index (χ0v) is 11.7. The van der Waals surface area contributed by atoms with Crippen molar-refractivity contribution in [1.82, 2.24) is 15.2 Å². The molecule has 1 N–H and O–H groups in total. The molecule has 6 nitrogen and oxygen atoms in total. The summed E-state index contributed by atoms with van der Waals surface area (Å²) < 4.78 is 0. The van der Waals surface area contributed by atoms with E-state index in [-0.39, 0.29) is 18.2 Å². The maximum atomic E-state index is 12.3. The third-order valence-corrected chi connectivity index (χ3v) is 3.03. The molecule has 1 saturated heterocycles. The summed E-state index contributed by atoms with van der Waals surface area (Å²) in [6.07, 6.45) is 1.59. The van der Waals surface area contributed by atoms with Gasteiger partial charge in [-0.1, -0.05) is 24.9 Å². The Morgan fingerprint density at radius 3 is 2.60 bits per heavy atom. The predicted molar refractivity (Wildman–Crippen MR) is 72.3 cm³/mol. The van der Waals surface area contributed by atoms with Crippen LogP contribution in [0, 0.1) is 0 Å². The Balaban J connectivity index is 2.24. The highest BCUT2D eigenvalue weighted by Gasteiger charge is 2.27. The number of rotatable bonds is 3. The van der Waals surface area contributed by atoms with Crippen LogP contribution in [0.3, 0.4) is 0 Å². The second kappa shape index (κ2) is 6.00. The number of aryl methyl sites for hydroxylation is 1. The van der Waals surface area contributed by atoms with Gasteiger partial charge < -0.3 is 4.90 Å². The number of hydrogen-bond acceptors (Lipinski definition) is 4. The fourth-order valence-corrected chi connectivity index (χ4v) is 2.25. The lowest BCUT2D eigenvalue weighted by atomic mass is 10.1. The molecule has 1 aliphatic rings. The minimum absolute atomic E-state index is 0.131. The van der Waals surface area contributed by atoms with E-state index < -0.39 is 17.7 Å². The number of halogens is 1. The highest BCUT2D eigenvalue weighted by Crippen LogP contribution is 2.15. The predicted octanol–water partition coefficient (Wildman–Crippen LogP) is 0.786. The number of amides is 3. The maximum Gasteiger partial charge on any atom is 0.254 e. The van der Waals surface area contributed by atoms with Gasteiger partial charge in [0, 0.05) is 11.3 Å². The van der Waals surface area contributed by atoms with Crippen molar-refractivity contribution in [2.75, 3.05) is 13.1 Å². The molecule has 0 spiro atoms. The average Bonchev–Trinajstić information content (AvgIpc) is 2.36. The lowest BCUT2D eigenvalue weighted by Crippen LogP contribution is -2.53. The van der Waals surface area contributed by atoms with Crippen LogP contribution in [0.1, 0.15) is 29.4 Å². The van der Waals surface area contributed by atoms with Gasteiger partial charge in [0.1, 0.15) is 18.2 Å². The molecule has 2 heterocycles. The number of nitrogens with one attached hydrogen (secondary N) is 1. The van der Waals surface area contributed by atoms with E-state index in [1.165, 1.54) is 11.0 Å². The fraction of sp³-hybridized carbons (Fsp3) is 0.385. The summed E-state index contributed by atoms with van der Waals surface area (Å²) >= 11 is 5.90. The molecular weight excluding hydrogens is 282 g/mol. The zero-order valence-electron chi connectivity index (χ0n) is 11.0. The molecule has 0 unspecified atom stereocenters. The Morgan fingerprint density at radius 1 is 1.35 bits per heavy atom. The molecule has 2 rings (SSSR count). The quantitative estimate of drug-likeness (QED) is 0.660. The first-order valence-corrected chi connectivity index (χ1v) is 6.66. The van der Waals surface area contributed by atoms with Gasteiger partial charge in [0.2, 0.25) is 11.8 Å². The van der Waals surface area contributed by atoms with Crippen LogP contribution in [-0.2, 0) is 16.0 Å². The number of nitrogens with zero attached hydrogens (tertiary/aromatic N) is 2. The Kier molecular flexibility index (Phi) is 4.34. The SMILES string of the molecule is CCCc1cc(C(=O)N2CC(=O)NC(=O)C2)cc(Cl)n1. The van der Waals surface area contributed by atoms with Crippen molar-refractivity contribution in [3.8, 4) is 0 Å². The smallest absolute Gasteiger partial charge is 0.254 e. The molecule has 0 aromatic carbocycles. The second-order valence-electron chi connectivity index (χ2n) is 4.55. The average molecular weight is 296 g/mol. The standard InChI is InChI=1S/C13H14ClN3O3/c1-2-3-9-4-8(5-10(14)15-9)13(20)17-6-11(18)16-12(19)7-17/h4-5H,2-3,6-7H2,1H3,(H,16,18,19). The molecule has 3 amide bonds. The van der Waals surface area contributed by atoms with Crippen molar-refractivity contribution in [2.24, 2.45) is 0 Å². The zero-order chi connectivity index (χ0) is 14.7. The van der Waals surface area contributed by atoms with E-state index in [1.807, 2.05) is 6.92 Å². The number of piperazine rings is 1. The van der Waals surface area contributed by atoms with E-state index in [4.69, 9.17) is 11.6 Å². The minimum Gasteiger partial charge on any atom is -0.320 e. The Labute approximate surface area is 121 Å². The van der Waals surface area contributed by atoms with Crippen molar-refractivity contribution < 1.29 is 14.4 Å². The van der Waals surface area contributed by atoms with Crippen LogP contribution in [0.5, 0.6) is 0 Å². The Morgan fingerprint density at radius 2 is 2.00 bits per heavy atom. The summed E-state index contributed by atoms with van der Waals surface area (Å²) in [4.78, 5) is 40.2. The monoisotopic (exact) mass is 295 g/mol. The lowest BCUT2D eigenvalue weighted by Gasteiger charge is -2.25. The topological polar surface area (TPSA) is 79.4 Å². The molecule has 0 bridgehead atoms. The molecule has 0 aliphatic carbocycles. The second-order valence-corrected chi connectivity index (χ2v) is 4.94. The highest BCUT2D eigenvalue weighted by molar-refractivity contribution is 6.29. The lowest BCUT2D eigenvalue weighted by molar-refractivity contribution is -0.135. The first kappa shape index (κ1) is 14.5. The van der Waals surface area contributed by atoms with E-state index in [1.54, 1.807) is 6.07 Å². The van der Waals surface area contributed by atoms with Gasteiger partial charge in [-0.3, -0.25) is 19.7 Å². The van der Waals surface area contributed by atoms with Gasteiger partial charge in [0.25, 0.3) is 5.91 Å². The van der Waals surface area contributed by atoms with Gasteiger partial charge in [0.15, 0.2) is 0 Å². The number of hydrogen-bond donors (Lipinski definition) is 1. The van der Waals surface area contributed by atoms with Crippen LogP contribution in [-0.4, -0.2) is 40.7 Å². The van der Waals surface area contributed by atoms with E-state index in [0.29, 0.717) is 12.0 Å². The van der Waals surface area contributed by atoms with Gasteiger partial charge in [-0.2, -0.15) is 0 Å². The van der Waals surface area contributed by atoms with Gasteiger partial charge in [-0.25, -0.2) is 4.98 Å². The van der Waals surface area contributed by atoms with Gasteiger partial charge in [-0.15, -0.1) is 0 Å². The fourth-order valence-electron chi connectivity index (χ4n) is 2.02. The van der Waals surface area contributed by atoms with E-state index in [9.17, 15) is 14.4 Å². The molecule has 106 valence electrons. The van der Waals surface area contributed by atoms with Crippen LogP contribution >= 0.6 is 11.6 Å². The third-order valence-electron chi connectivity index (χ3n) is 2.84. The summed E-state index contributed by atoms with van der Waals surface area (Å²) in [5, 5.41) is 2.38. The Hall–Kier alpha value is -1.95. The molecule has 1 aromatic heterocycles. The van der Waals surface area contributed by atoms with E-state index in [0.717, 1.165) is 12.1 Å². The van der Waals surface area contributed by atoms with Crippen LogP contribution in [0.4, 0.5) is 0 Å². The largest absolute Gasteiger partial charge is 0.320 e. The molecule has 1 aliphatic heterocycles. The number of aromatic nitrogens is 1. The first-order chi connectivity index (χ1) is 9.49. The van der Waals surface area contributed by atoms with E-state index in [2.05, 4.69) is 10.3 Å². The Bertz CT molecular complexity index is 558. The van der Waals surface area contributed by atoms with Gasteiger partial charge in [-0.05, 0) is 18.6 Å². The van der Waals surface area contributed by atoms with Crippen molar-refractivity contribution >= 4 is 29.3 Å². The van der Waals surface area contributed by atoms with Crippen LogP contribution in [0.15, 0.2) is 12.1 Å². The van der Waals surface area contributed by atoms with Crippen LogP contribution < -0.4 is 5.32 Å². The summed E-state index contributed by atoms with van der Waals surface area (Å²) in [6.45, 7) is 1.74. The highest BCUT2D eigenvalue weighted by atomic mass is 35.5. The molecule has 20 heavy (non-hydrogen) atoms. The van der Waals surface area contributed by atoms with Crippen molar-refractivity contribution in [3.63, 3.8) is 0 Å². The number of carbonyl (C=O) groups excluding carboxylic acids is 3. The summed E-state index contributed by atoms with van der Waals surface area (Å²) in [5.41, 5.74) is 1.06. The normalized spacial score (nSPS) is 15.2. The third kappa shape index (κ3) is 3.33. The minimum atomic E-state index is -0.483. The number of pyridine rings is 1. The molecule has 0 atom stereocenters. The van der Waals surface area contributed by atoms with Crippen molar-refractivity contribution in [2.45, 2.75) is 19.8 Å². The van der Waals surface area contributed by atoms with Crippen molar-refractivity contribution in [1.29, 1.82) is 0 Å². The van der Waals surface area contributed by atoms with E-state index >= 15 is 0 Å². The summed E-state index contributed by atoms with van der Waals surface area (Å²) in [5.74, 6) is -1.36. The van der Waals surface area contributed by atoms with Gasteiger partial charge in [0.05, 0.1) is 0 Å². The van der Waals surface area contributed by atoms with Crippen LogP contribution in [0.2, 0.25) is 5.15 Å². The number of imide groups is 1. The molecule has 7 heteroatoms. The van der Waals surface area contributed by atoms with Gasteiger partial charge >= 0.3 is 0 Å². The molecule has 1 fully saturated rings. The molecule has 1 aromatic rings.